The Labute approximate surface area is 141 Å². The van der Waals surface area contributed by atoms with E-state index in [4.69, 9.17) is 0 Å². The SMILES string of the molecule is CCc1cccc(CC)c1NC(=O)CSc1n[nH]c(C(C)C)n1. The summed E-state index contributed by atoms with van der Waals surface area (Å²) in [4.78, 5) is 16.6. The lowest BCUT2D eigenvalue weighted by atomic mass is 10.0. The average molecular weight is 332 g/mol. The lowest BCUT2D eigenvalue weighted by Gasteiger charge is -2.14. The Hall–Kier alpha value is -1.82. The van der Waals surface area contributed by atoms with Gasteiger partial charge >= 0.3 is 0 Å². The topological polar surface area (TPSA) is 70.7 Å². The normalized spacial score (nSPS) is 11.0. The first kappa shape index (κ1) is 17.5. The van der Waals surface area contributed by atoms with Gasteiger partial charge in [0.15, 0.2) is 0 Å². The standard InChI is InChI=1S/C17H24N4OS/c1-5-12-8-7-9-13(6-2)15(12)18-14(22)10-23-17-19-16(11(3)4)20-21-17/h7-9,11H,5-6,10H2,1-4H3,(H,18,22)(H,19,20,21). The zero-order valence-corrected chi connectivity index (χ0v) is 15.0. The van der Waals surface area contributed by atoms with Gasteiger partial charge in [-0.15, -0.1) is 5.10 Å². The fraction of sp³-hybridized carbons (Fsp3) is 0.471. The second-order valence-corrected chi connectivity index (χ2v) is 6.60. The van der Waals surface area contributed by atoms with E-state index in [1.165, 1.54) is 22.9 Å². The lowest BCUT2D eigenvalue weighted by molar-refractivity contribution is -0.113. The van der Waals surface area contributed by atoms with Gasteiger partial charge < -0.3 is 5.32 Å². The van der Waals surface area contributed by atoms with E-state index in [-0.39, 0.29) is 5.91 Å². The number of rotatable bonds is 7. The zero-order valence-electron chi connectivity index (χ0n) is 14.1. The van der Waals surface area contributed by atoms with E-state index in [1.54, 1.807) is 0 Å². The minimum absolute atomic E-state index is 0.0264. The molecular formula is C17H24N4OS. The van der Waals surface area contributed by atoms with E-state index in [1.807, 2.05) is 6.07 Å². The van der Waals surface area contributed by atoms with E-state index in [0.717, 1.165) is 24.4 Å². The highest BCUT2D eigenvalue weighted by Gasteiger charge is 2.12. The summed E-state index contributed by atoms with van der Waals surface area (Å²) in [5.41, 5.74) is 3.30. The van der Waals surface area contributed by atoms with Gasteiger partial charge in [-0.25, -0.2) is 4.98 Å². The molecule has 1 aromatic heterocycles. The first-order chi connectivity index (χ1) is 11.0. The molecule has 1 aromatic carbocycles. The number of thioether (sulfide) groups is 1. The van der Waals surface area contributed by atoms with Crippen molar-refractivity contribution >= 4 is 23.4 Å². The minimum atomic E-state index is -0.0264. The second kappa shape index (κ2) is 8.15. The van der Waals surface area contributed by atoms with Crippen LogP contribution < -0.4 is 5.32 Å². The van der Waals surface area contributed by atoms with Gasteiger partial charge in [0, 0.05) is 11.6 Å². The van der Waals surface area contributed by atoms with Gasteiger partial charge in [-0.2, -0.15) is 0 Å². The fourth-order valence-corrected chi connectivity index (χ4v) is 2.90. The molecule has 0 saturated carbocycles. The van der Waals surface area contributed by atoms with E-state index in [0.29, 0.717) is 16.8 Å². The summed E-state index contributed by atoms with van der Waals surface area (Å²) in [7, 11) is 0. The second-order valence-electron chi connectivity index (χ2n) is 5.65. The number of nitrogens with one attached hydrogen (secondary N) is 2. The molecule has 2 aromatic rings. The third kappa shape index (κ3) is 4.58. The van der Waals surface area contributed by atoms with Crippen molar-refractivity contribution in [1.82, 2.24) is 15.2 Å². The van der Waals surface area contributed by atoms with Crippen molar-refractivity contribution in [3.05, 3.63) is 35.2 Å². The summed E-state index contributed by atoms with van der Waals surface area (Å²) in [6.45, 7) is 8.30. The van der Waals surface area contributed by atoms with Crippen LogP contribution in [-0.4, -0.2) is 26.8 Å². The molecule has 0 aliphatic heterocycles. The number of para-hydroxylation sites is 1. The van der Waals surface area contributed by atoms with Gasteiger partial charge in [0.05, 0.1) is 5.75 Å². The minimum Gasteiger partial charge on any atom is -0.325 e. The van der Waals surface area contributed by atoms with Crippen LogP contribution in [0, 0.1) is 0 Å². The first-order valence-corrected chi connectivity index (χ1v) is 8.99. The highest BCUT2D eigenvalue weighted by atomic mass is 32.2. The fourth-order valence-electron chi connectivity index (χ4n) is 2.29. The van der Waals surface area contributed by atoms with Gasteiger partial charge in [0.1, 0.15) is 5.82 Å². The predicted octanol–water partition coefficient (Wildman–Crippen LogP) is 3.78. The maximum Gasteiger partial charge on any atom is 0.234 e. The molecule has 6 heteroatoms. The molecule has 0 fully saturated rings. The average Bonchev–Trinajstić information content (AvgIpc) is 3.02. The highest BCUT2D eigenvalue weighted by Crippen LogP contribution is 2.23. The van der Waals surface area contributed by atoms with Crippen molar-refractivity contribution in [2.45, 2.75) is 51.6 Å². The number of aryl methyl sites for hydroxylation is 2. The summed E-state index contributed by atoms with van der Waals surface area (Å²) in [5.74, 6) is 1.42. The van der Waals surface area contributed by atoms with Crippen molar-refractivity contribution in [1.29, 1.82) is 0 Å². The quantitative estimate of drug-likeness (QED) is 0.757. The largest absolute Gasteiger partial charge is 0.325 e. The van der Waals surface area contributed by atoms with E-state index in [9.17, 15) is 4.79 Å². The summed E-state index contributed by atoms with van der Waals surface area (Å²) in [5, 5.41) is 10.7. The number of benzene rings is 1. The third-order valence-corrected chi connectivity index (χ3v) is 4.47. The van der Waals surface area contributed by atoms with Crippen molar-refractivity contribution < 1.29 is 4.79 Å². The van der Waals surface area contributed by atoms with Crippen LogP contribution in [0.15, 0.2) is 23.4 Å². The van der Waals surface area contributed by atoms with E-state index in [2.05, 4.69) is 60.3 Å². The van der Waals surface area contributed by atoms with Crippen LogP contribution in [0.3, 0.4) is 0 Å². The number of aromatic amines is 1. The molecule has 2 rings (SSSR count). The van der Waals surface area contributed by atoms with Crippen molar-refractivity contribution in [3.63, 3.8) is 0 Å². The lowest BCUT2D eigenvalue weighted by Crippen LogP contribution is -2.16. The Bertz CT molecular complexity index is 644. The zero-order chi connectivity index (χ0) is 16.8. The van der Waals surface area contributed by atoms with E-state index < -0.39 is 0 Å². The van der Waals surface area contributed by atoms with Crippen LogP contribution in [0.1, 0.15) is 50.6 Å². The molecule has 0 bridgehead atoms. The number of anilines is 1. The number of carbonyl (C=O) groups excluding carboxylic acids is 1. The smallest absolute Gasteiger partial charge is 0.234 e. The Morgan fingerprint density at radius 1 is 1.26 bits per heavy atom. The number of hydrogen-bond donors (Lipinski definition) is 2. The van der Waals surface area contributed by atoms with Crippen LogP contribution in [0.5, 0.6) is 0 Å². The van der Waals surface area contributed by atoms with Gasteiger partial charge in [-0.1, -0.05) is 57.7 Å². The van der Waals surface area contributed by atoms with Crippen LogP contribution in [0.4, 0.5) is 5.69 Å². The highest BCUT2D eigenvalue weighted by molar-refractivity contribution is 7.99. The van der Waals surface area contributed by atoms with Crippen molar-refractivity contribution in [2.75, 3.05) is 11.1 Å². The summed E-state index contributed by atoms with van der Waals surface area (Å²) < 4.78 is 0. The molecule has 0 unspecified atom stereocenters. The Balaban J connectivity index is 1.99. The molecule has 1 amide bonds. The number of carbonyl (C=O) groups is 1. The Morgan fingerprint density at radius 2 is 1.91 bits per heavy atom. The van der Waals surface area contributed by atoms with Crippen LogP contribution in [-0.2, 0) is 17.6 Å². The molecule has 1 heterocycles. The maximum absolute atomic E-state index is 12.3. The predicted molar refractivity (Wildman–Crippen MR) is 95.0 cm³/mol. The number of hydrogen-bond acceptors (Lipinski definition) is 4. The maximum atomic E-state index is 12.3. The van der Waals surface area contributed by atoms with Gasteiger partial charge in [-0.05, 0) is 24.0 Å². The number of H-pyrrole nitrogens is 1. The Kier molecular flexibility index (Phi) is 6.21. The number of amides is 1. The molecule has 2 N–H and O–H groups in total. The van der Waals surface area contributed by atoms with Crippen molar-refractivity contribution in [3.8, 4) is 0 Å². The van der Waals surface area contributed by atoms with Crippen LogP contribution >= 0.6 is 11.8 Å². The molecule has 0 saturated heterocycles. The molecule has 0 radical (unpaired) electrons. The van der Waals surface area contributed by atoms with Gasteiger partial charge in [0.25, 0.3) is 0 Å². The molecule has 0 spiro atoms. The van der Waals surface area contributed by atoms with E-state index >= 15 is 0 Å². The van der Waals surface area contributed by atoms with Crippen LogP contribution in [0.25, 0.3) is 0 Å². The summed E-state index contributed by atoms with van der Waals surface area (Å²) in [6, 6.07) is 6.17. The molecule has 5 nitrogen and oxygen atoms in total. The molecule has 0 aliphatic carbocycles. The molecule has 124 valence electrons. The number of aromatic nitrogens is 3. The molecule has 23 heavy (non-hydrogen) atoms. The molecule has 0 aliphatic rings. The molecular weight excluding hydrogens is 308 g/mol. The molecule has 0 atom stereocenters. The first-order valence-electron chi connectivity index (χ1n) is 8.00. The van der Waals surface area contributed by atoms with Crippen LogP contribution in [0.2, 0.25) is 0 Å². The van der Waals surface area contributed by atoms with Gasteiger partial charge in [0.2, 0.25) is 11.1 Å². The van der Waals surface area contributed by atoms with Crippen molar-refractivity contribution in [2.24, 2.45) is 0 Å². The monoisotopic (exact) mass is 332 g/mol. The third-order valence-electron chi connectivity index (χ3n) is 3.62. The summed E-state index contributed by atoms with van der Waals surface area (Å²) in [6.07, 6.45) is 1.80. The number of nitrogens with zero attached hydrogens (tertiary/aromatic N) is 2. The van der Waals surface area contributed by atoms with Gasteiger partial charge in [-0.3, -0.25) is 9.89 Å². The summed E-state index contributed by atoms with van der Waals surface area (Å²) >= 11 is 1.35. The Morgan fingerprint density at radius 3 is 2.43 bits per heavy atom.